The summed E-state index contributed by atoms with van der Waals surface area (Å²) >= 11 is 0. The van der Waals surface area contributed by atoms with Gasteiger partial charge in [-0.25, -0.2) is 13.8 Å². The molecule has 9 heteroatoms. The van der Waals surface area contributed by atoms with E-state index in [1.807, 2.05) is 29.8 Å². The minimum absolute atomic E-state index is 0.221. The standard InChI is InChI=1S/C28H36F2N6O/c1-18(2)36-12-13-37-27-23(30)14-19(15-25(27)36)26-17-31-28(34(26)5)32-20-6-7-24(22(29)16-20)35-10-8-21(9-11-35)33(3)4/h6-7,14-18,21H,8-13H2,1-5H3,(H,31,32). The molecule has 0 amide bonds. The van der Waals surface area contributed by atoms with Gasteiger partial charge in [-0.15, -0.1) is 0 Å². The van der Waals surface area contributed by atoms with Crippen LogP contribution >= 0.6 is 0 Å². The molecule has 2 aromatic carbocycles. The number of halogens is 2. The first-order valence-electron chi connectivity index (χ1n) is 13.0. The van der Waals surface area contributed by atoms with Crippen molar-refractivity contribution in [3.05, 3.63) is 48.2 Å². The van der Waals surface area contributed by atoms with Crippen LogP contribution in [-0.2, 0) is 7.05 Å². The van der Waals surface area contributed by atoms with E-state index >= 15 is 4.39 Å². The van der Waals surface area contributed by atoms with Gasteiger partial charge in [-0.05, 0) is 71.1 Å². The lowest BCUT2D eigenvalue weighted by Gasteiger charge is -2.36. The Morgan fingerprint density at radius 1 is 1.03 bits per heavy atom. The van der Waals surface area contributed by atoms with Gasteiger partial charge in [-0.1, -0.05) is 0 Å². The van der Waals surface area contributed by atoms with Gasteiger partial charge in [0.15, 0.2) is 11.6 Å². The van der Waals surface area contributed by atoms with Crippen LogP contribution in [0.15, 0.2) is 36.5 Å². The van der Waals surface area contributed by atoms with Crippen LogP contribution in [0.5, 0.6) is 5.75 Å². The van der Waals surface area contributed by atoms with E-state index in [1.165, 1.54) is 12.1 Å². The summed E-state index contributed by atoms with van der Waals surface area (Å²) in [5, 5.41) is 3.22. The van der Waals surface area contributed by atoms with E-state index < -0.39 is 0 Å². The molecule has 198 valence electrons. The molecule has 1 saturated heterocycles. The minimum Gasteiger partial charge on any atom is -0.486 e. The van der Waals surface area contributed by atoms with Gasteiger partial charge in [0.1, 0.15) is 12.4 Å². The van der Waals surface area contributed by atoms with Crippen molar-refractivity contribution in [2.24, 2.45) is 7.05 Å². The first-order valence-corrected chi connectivity index (χ1v) is 13.0. The van der Waals surface area contributed by atoms with Gasteiger partial charge >= 0.3 is 0 Å². The monoisotopic (exact) mass is 510 g/mol. The molecule has 3 aromatic rings. The molecule has 0 unspecified atom stereocenters. The van der Waals surface area contributed by atoms with Gasteiger partial charge < -0.3 is 29.3 Å². The third-order valence-electron chi connectivity index (χ3n) is 7.56. The van der Waals surface area contributed by atoms with Crippen molar-refractivity contribution < 1.29 is 13.5 Å². The number of ether oxygens (including phenoxy) is 1. The fourth-order valence-electron chi connectivity index (χ4n) is 5.37. The molecule has 3 heterocycles. The molecule has 5 rings (SSSR count). The first-order chi connectivity index (χ1) is 17.7. The van der Waals surface area contributed by atoms with Crippen LogP contribution in [0.4, 0.5) is 31.8 Å². The van der Waals surface area contributed by atoms with Crippen molar-refractivity contribution >= 4 is 23.0 Å². The summed E-state index contributed by atoms with van der Waals surface area (Å²) in [5.41, 5.74) is 3.45. The summed E-state index contributed by atoms with van der Waals surface area (Å²) in [6, 6.07) is 9.42. The predicted molar refractivity (Wildman–Crippen MR) is 145 cm³/mol. The van der Waals surface area contributed by atoms with E-state index in [4.69, 9.17) is 4.74 Å². The Morgan fingerprint density at radius 3 is 2.46 bits per heavy atom. The Morgan fingerprint density at radius 2 is 1.78 bits per heavy atom. The van der Waals surface area contributed by atoms with Gasteiger partial charge in [0, 0.05) is 43.5 Å². The van der Waals surface area contributed by atoms with Crippen LogP contribution in [0.1, 0.15) is 26.7 Å². The van der Waals surface area contributed by atoms with E-state index in [-0.39, 0.29) is 17.7 Å². The molecule has 0 atom stereocenters. The topological polar surface area (TPSA) is 48.8 Å². The average molecular weight is 511 g/mol. The van der Waals surface area contributed by atoms with Crippen LogP contribution in [0.3, 0.4) is 0 Å². The number of nitrogens with one attached hydrogen (secondary N) is 1. The molecule has 0 saturated carbocycles. The van der Waals surface area contributed by atoms with Crippen molar-refractivity contribution in [2.75, 3.05) is 55.5 Å². The first kappa shape index (κ1) is 25.3. The molecule has 0 aliphatic carbocycles. The number of rotatable bonds is 6. The fraction of sp³-hybridized carbons (Fsp3) is 0.464. The maximum atomic E-state index is 15.1. The number of piperidine rings is 1. The summed E-state index contributed by atoms with van der Waals surface area (Å²) in [6.07, 6.45) is 3.74. The number of hydrogen-bond donors (Lipinski definition) is 1. The van der Waals surface area contributed by atoms with Crippen molar-refractivity contribution in [2.45, 2.75) is 38.8 Å². The van der Waals surface area contributed by atoms with Gasteiger partial charge in [0.2, 0.25) is 5.95 Å². The van der Waals surface area contributed by atoms with E-state index in [2.05, 4.69) is 52.9 Å². The van der Waals surface area contributed by atoms with Crippen LogP contribution in [-0.4, -0.2) is 66.9 Å². The van der Waals surface area contributed by atoms with Crippen molar-refractivity contribution in [3.63, 3.8) is 0 Å². The molecule has 2 aliphatic heterocycles. The van der Waals surface area contributed by atoms with Gasteiger partial charge in [-0.2, -0.15) is 0 Å². The lowest BCUT2D eigenvalue weighted by Crippen LogP contribution is -2.42. The number of fused-ring (bicyclic) bond motifs is 1. The van der Waals surface area contributed by atoms with E-state index in [1.54, 1.807) is 6.20 Å². The SMILES string of the molecule is CC(C)N1CCOc2c(F)cc(-c3cnc(Nc4ccc(N5CCC(N(C)C)CC5)c(F)c4)n3C)cc21. The van der Waals surface area contributed by atoms with Gasteiger partial charge in [0.05, 0.1) is 29.8 Å². The van der Waals surface area contributed by atoms with Gasteiger partial charge in [-0.3, -0.25) is 0 Å². The van der Waals surface area contributed by atoms with E-state index in [0.717, 1.165) is 37.3 Å². The van der Waals surface area contributed by atoms with Crippen molar-refractivity contribution in [1.29, 1.82) is 0 Å². The zero-order chi connectivity index (χ0) is 26.3. The Balaban J connectivity index is 1.35. The third-order valence-corrected chi connectivity index (χ3v) is 7.56. The molecule has 0 radical (unpaired) electrons. The zero-order valence-electron chi connectivity index (χ0n) is 22.3. The number of nitrogens with zero attached hydrogens (tertiary/aromatic N) is 5. The molecular weight excluding hydrogens is 474 g/mol. The van der Waals surface area contributed by atoms with E-state index in [0.29, 0.717) is 47.8 Å². The highest BCUT2D eigenvalue weighted by Gasteiger charge is 2.26. The molecule has 37 heavy (non-hydrogen) atoms. The summed E-state index contributed by atoms with van der Waals surface area (Å²) in [6.45, 7) is 7.02. The normalized spacial score (nSPS) is 16.4. The predicted octanol–water partition coefficient (Wildman–Crippen LogP) is 5.25. The lowest BCUT2D eigenvalue weighted by molar-refractivity contribution is 0.249. The average Bonchev–Trinajstić information content (AvgIpc) is 3.23. The minimum atomic E-state index is -0.388. The smallest absolute Gasteiger partial charge is 0.207 e. The van der Waals surface area contributed by atoms with Crippen molar-refractivity contribution in [1.82, 2.24) is 14.5 Å². The molecule has 7 nitrogen and oxygen atoms in total. The van der Waals surface area contributed by atoms with Crippen molar-refractivity contribution in [3.8, 4) is 17.0 Å². The Hall–Kier alpha value is -3.33. The molecule has 0 bridgehead atoms. The Bertz CT molecular complexity index is 1270. The highest BCUT2D eigenvalue weighted by molar-refractivity contribution is 5.73. The number of imidazole rings is 1. The Kier molecular flexibility index (Phi) is 6.98. The zero-order valence-corrected chi connectivity index (χ0v) is 22.3. The summed E-state index contributed by atoms with van der Waals surface area (Å²) in [4.78, 5) is 11.0. The number of aromatic nitrogens is 2. The molecule has 1 fully saturated rings. The molecule has 1 aromatic heterocycles. The van der Waals surface area contributed by atoms with E-state index in [9.17, 15) is 4.39 Å². The fourth-order valence-corrected chi connectivity index (χ4v) is 5.37. The number of anilines is 4. The summed E-state index contributed by atoms with van der Waals surface area (Å²) < 4.78 is 37.6. The molecule has 1 N–H and O–H groups in total. The van der Waals surface area contributed by atoms with Crippen LogP contribution in [0, 0.1) is 11.6 Å². The maximum Gasteiger partial charge on any atom is 0.207 e. The second-order valence-electron chi connectivity index (χ2n) is 10.4. The largest absolute Gasteiger partial charge is 0.486 e. The second kappa shape index (κ2) is 10.2. The Labute approximate surface area is 217 Å². The maximum absolute atomic E-state index is 15.1. The quantitative estimate of drug-likeness (QED) is 0.489. The number of hydrogen-bond acceptors (Lipinski definition) is 6. The van der Waals surface area contributed by atoms with Crippen LogP contribution in [0.2, 0.25) is 0 Å². The third kappa shape index (κ3) is 4.97. The summed E-state index contributed by atoms with van der Waals surface area (Å²) in [5.74, 6) is 0.198. The summed E-state index contributed by atoms with van der Waals surface area (Å²) in [7, 11) is 6.06. The lowest BCUT2D eigenvalue weighted by atomic mass is 10.0. The molecular formula is C28H36F2N6O. The second-order valence-corrected chi connectivity index (χ2v) is 10.4. The highest BCUT2D eigenvalue weighted by Crippen LogP contribution is 2.39. The molecule has 2 aliphatic rings. The van der Waals surface area contributed by atoms with Crippen LogP contribution in [0.25, 0.3) is 11.3 Å². The number of benzene rings is 2. The molecule has 0 spiro atoms. The highest BCUT2D eigenvalue weighted by atomic mass is 19.1. The van der Waals surface area contributed by atoms with Crippen LogP contribution < -0.4 is 19.9 Å². The van der Waals surface area contributed by atoms with Gasteiger partial charge in [0.25, 0.3) is 0 Å².